The average molecular weight is 345 g/mol. The largest absolute Gasteiger partial charge is 0.334 e. The molecule has 1 aliphatic carbocycles. The molecule has 1 aromatic heterocycles. The zero-order valence-corrected chi connectivity index (χ0v) is 15.2. The van der Waals surface area contributed by atoms with Crippen molar-refractivity contribution in [3.05, 3.63) is 76.1 Å². The fourth-order valence-electron chi connectivity index (χ4n) is 4.21. The molecule has 3 aromatic rings. The van der Waals surface area contributed by atoms with E-state index >= 15 is 0 Å². The summed E-state index contributed by atoms with van der Waals surface area (Å²) in [4.78, 5) is 18.3. The fraction of sp³-hybridized carbons (Fsp3) is 0.273. The number of nitrogens with two attached hydrogens (primary N) is 1. The van der Waals surface area contributed by atoms with Crippen LogP contribution in [-0.4, -0.2) is 9.66 Å². The van der Waals surface area contributed by atoms with Crippen LogP contribution in [0.3, 0.4) is 0 Å². The molecule has 1 aliphatic rings. The molecular weight excluding hydrogens is 322 g/mol. The van der Waals surface area contributed by atoms with Gasteiger partial charge in [0.1, 0.15) is 0 Å². The Morgan fingerprint density at radius 2 is 1.69 bits per heavy atom. The summed E-state index contributed by atoms with van der Waals surface area (Å²) in [6, 6.07) is 17.9. The zero-order valence-electron chi connectivity index (χ0n) is 15.2. The van der Waals surface area contributed by atoms with Crippen LogP contribution in [0.25, 0.3) is 22.6 Å². The average Bonchev–Trinajstić information content (AvgIpc) is 2.70. The highest BCUT2D eigenvalue weighted by Gasteiger charge is 2.40. The third kappa shape index (κ3) is 2.29. The second kappa shape index (κ2) is 6.13. The Morgan fingerprint density at radius 1 is 1.04 bits per heavy atom. The molecule has 1 heterocycles. The third-order valence-corrected chi connectivity index (χ3v) is 5.83. The topological polar surface area (TPSA) is 60.9 Å². The summed E-state index contributed by atoms with van der Waals surface area (Å²) in [5.41, 5.74) is 4.36. The zero-order chi connectivity index (χ0) is 18.3. The monoisotopic (exact) mass is 345 g/mol. The molecule has 0 amide bonds. The number of hydrogen-bond acceptors (Lipinski definition) is 3. The number of nitrogen functional groups attached to an aromatic ring is 1. The van der Waals surface area contributed by atoms with Crippen LogP contribution >= 0.6 is 0 Å². The summed E-state index contributed by atoms with van der Waals surface area (Å²) in [6.45, 7) is 4.29. The van der Waals surface area contributed by atoms with Gasteiger partial charge < -0.3 is 5.84 Å². The van der Waals surface area contributed by atoms with E-state index in [1.54, 1.807) is 0 Å². The van der Waals surface area contributed by atoms with Crippen molar-refractivity contribution in [1.82, 2.24) is 9.66 Å². The standard InChI is InChI=1S/C22H23N3O/c1-3-22(4-2)14-16-12-8-9-13-17(16)19-18(22)21(26)25(23)20(24-19)15-10-6-5-7-11-15/h5-13H,3-4,14,23H2,1-2H3. The van der Waals surface area contributed by atoms with Gasteiger partial charge in [-0.15, -0.1) is 0 Å². The Morgan fingerprint density at radius 3 is 2.38 bits per heavy atom. The molecule has 26 heavy (non-hydrogen) atoms. The van der Waals surface area contributed by atoms with Crippen molar-refractivity contribution in [3.63, 3.8) is 0 Å². The van der Waals surface area contributed by atoms with E-state index < -0.39 is 0 Å². The van der Waals surface area contributed by atoms with Gasteiger partial charge in [0.2, 0.25) is 0 Å². The van der Waals surface area contributed by atoms with Gasteiger partial charge in [-0.05, 0) is 24.8 Å². The van der Waals surface area contributed by atoms with E-state index in [2.05, 4.69) is 32.0 Å². The Bertz CT molecular complexity index is 1020. The maximum Gasteiger partial charge on any atom is 0.276 e. The highest BCUT2D eigenvalue weighted by atomic mass is 16.1. The van der Waals surface area contributed by atoms with Crippen LogP contribution in [0.4, 0.5) is 0 Å². The Kier molecular flexibility index (Phi) is 3.91. The predicted octanol–water partition coefficient (Wildman–Crippen LogP) is 3.91. The maximum atomic E-state index is 13.3. The smallest absolute Gasteiger partial charge is 0.276 e. The first-order chi connectivity index (χ1) is 12.6. The van der Waals surface area contributed by atoms with Gasteiger partial charge in [0, 0.05) is 16.5 Å². The number of rotatable bonds is 3. The predicted molar refractivity (Wildman–Crippen MR) is 105 cm³/mol. The van der Waals surface area contributed by atoms with Crippen molar-refractivity contribution >= 4 is 0 Å². The van der Waals surface area contributed by atoms with E-state index in [0.717, 1.165) is 41.6 Å². The third-order valence-electron chi connectivity index (χ3n) is 5.83. The van der Waals surface area contributed by atoms with Crippen molar-refractivity contribution < 1.29 is 0 Å². The van der Waals surface area contributed by atoms with Crippen LogP contribution in [0, 0.1) is 0 Å². The van der Waals surface area contributed by atoms with Crippen LogP contribution in [0.2, 0.25) is 0 Å². The summed E-state index contributed by atoms with van der Waals surface area (Å²) in [5, 5.41) is 0. The van der Waals surface area contributed by atoms with Gasteiger partial charge in [0.15, 0.2) is 5.82 Å². The van der Waals surface area contributed by atoms with Gasteiger partial charge in [0.25, 0.3) is 5.56 Å². The molecule has 132 valence electrons. The lowest BCUT2D eigenvalue weighted by Gasteiger charge is -2.38. The number of nitrogens with zero attached hydrogens (tertiary/aromatic N) is 2. The fourth-order valence-corrected chi connectivity index (χ4v) is 4.21. The minimum atomic E-state index is -0.218. The van der Waals surface area contributed by atoms with Crippen LogP contribution in [-0.2, 0) is 11.8 Å². The maximum absolute atomic E-state index is 13.3. The molecule has 0 fully saturated rings. The Labute approximate surface area is 153 Å². The van der Waals surface area contributed by atoms with Crippen molar-refractivity contribution in [2.24, 2.45) is 0 Å². The van der Waals surface area contributed by atoms with E-state index in [0.29, 0.717) is 5.82 Å². The highest BCUT2D eigenvalue weighted by Crippen LogP contribution is 2.44. The molecule has 4 heteroatoms. The van der Waals surface area contributed by atoms with Crippen LogP contribution in [0.5, 0.6) is 0 Å². The molecule has 2 aromatic carbocycles. The normalized spacial score (nSPS) is 14.5. The molecule has 4 rings (SSSR count). The van der Waals surface area contributed by atoms with Crippen molar-refractivity contribution in [3.8, 4) is 22.6 Å². The molecule has 0 saturated heterocycles. The minimum Gasteiger partial charge on any atom is -0.334 e. The van der Waals surface area contributed by atoms with Crippen molar-refractivity contribution in [2.45, 2.75) is 38.5 Å². The molecule has 0 bridgehead atoms. The van der Waals surface area contributed by atoms with Gasteiger partial charge in [-0.25, -0.2) is 9.66 Å². The van der Waals surface area contributed by atoms with Crippen LogP contribution in [0.15, 0.2) is 59.4 Å². The summed E-state index contributed by atoms with van der Waals surface area (Å²) in [5.74, 6) is 6.74. The first kappa shape index (κ1) is 16.6. The van der Waals surface area contributed by atoms with Gasteiger partial charge in [0.05, 0.1) is 11.3 Å². The van der Waals surface area contributed by atoms with E-state index in [1.165, 1.54) is 10.2 Å². The molecule has 0 radical (unpaired) electrons. The van der Waals surface area contributed by atoms with E-state index in [1.807, 2.05) is 36.4 Å². The first-order valence-corrected chi connectivity index (χ1v) is 9.17. The quantitative estimate of drug-likeness (QED) is 0.732. The van der Waals surface area contributed by atoms with Crippen molar-refractivity contribution in [1.29, 1.82) is 0 Å². The molecule has 0 spiro atoms. The number of aromatic nitrogens is 2. The van der Waals surface area contributed by atoms with E-state index in [-0.39, 0.29) is 11.0 Å². The van der Waals surface area contributed by atoms with Gasteiger partial charge in [-0.2, -0.15) is 0 Å². The SMILES string of the molecule is CCC1(CC)Cc2ccccc2-c2nc(-c3ccccc3)n(N)c(=O)c21. The van der Waals surface area contributed by atoms with Gasteiger partial charge in [-0.1, -0.05) is 68.4 Å². The van der Waals surface area contributed by atoms with Crippen LogP contribution < -0.4 is 11.4 Å². The number of fused-ring (bicyclic) bond motifs is 3. The highest BCUT2D eigenvalue weighted by molar-refractivity contribution is 5.73. The minimum absolute atomic E-state index is 0.132. The number of benzene rings is 2. The summed E-state index contributed by atoms with van der Waals surface area (Å²) in [6.07, 6.45) is 2.61. The summed E-state index contributed by atoms with van der Waals surface area (Å²) >= 11 is 0. The Hall–Kier alpha value is -2.88. The number of hydrogen-bond donors (Lipinski definition) is 1. The molecule has 4 nitrogen and oxygen atoms in total. The lowest BCUT2D eigenvalue weighted by atomic mass is 9.66. The Balaban J connectivity index is 2.10. The summed E-state index contributed by atoms with van der Waals surface area (Å²) in [7, 11) is 0. The molecular formula is C22H23N3O. The van der Waals surface area contributed by atoms with E-state index in [9.17, 15) is 4.79 Å². The summed E-state index contributed by atoms with van der Waals surface area (Å²) < 4.78 is 1.22. The molecule has 0 atom stereocenters. The van der Waals surface area contributed by atoms with Crippen LogP contribution in [0.1, 0.15) is 37.8 Å². The van der Waals surface area contributed by atoms with Crippen molar-refractivity contribution in [2.75, 3.05) is 5.84 Å². The molecule has 2 N–H and O–H groups in total. The lowest BCUT2D eigenvalue weighted by molar-refractivity contribution is 0.382. The lowest BCUT2D eigenvalue weighted by Crippen LogP contribution is -2.43. The molecule has 0 aliphatic heterocycles. The molecule has 0 saturated carbocycles. The van der Waals surface area contributed by atoms with Gasteiger partial charge in [-0.3, -0.25) is 4.79 Å². The van der Waals surface area contributed by atoms with Gasteiger partial charge >= 0.3 is 0 Å². The first-order valence-electron chi connectivity index (χ1n) is 9.17. The second-order valence-electron chi connectivity index (χ2n) is 7.02. The molecule has 0 unspecified atom stereocenters. The second-order valence-corrected chi connectivity index (χ2v) is 7.02. The van der Waals surface area contributed by atoms with E-state index in [4.69, 9.17) is 10.8 Å².